The van der Waals surface area contributed by atoms with Gasteiger partial charge in [0.05, 0.1) is 18.0 Å². The maximum Gasteiger partial charge on any atom is 0.146 e. The summed E-state index contributed by atoms with van der Waals surface area (Å²) in [6.45, 7) is 9.65. The molecule has 0 amide bonds. The first kappa shape index (κ1) is 12.8. The minimum absolute atomic E-state index is 0.232. The molecule has 0 aliphatic rings. The van der Waals surface area contributed by atoms with Gasteiger partial charge in [0.15, 0.2) is 0 Å². The van der Waals surface area contributed by atoms with Gasteiger partial charge in [0.2, 0.25) is 0 Å². The molecule has 0 spiro atoms. The molecule has 0 fully saturated rings. The van der Waals surface area contributed by atoms with Crippen LogP contribution in [0.25, 0.3) is 11.0 Å². The van der Waals surface area contributed by atoms with Crippen molar-refractivity contribution in [3.63, 3.8) is 0 Å². The molecule has 18 heavy (non-hydrogen) atoms. The zero-order chi connectivity index (χ0) is 13.3. The van der Waals surface area contributed by atoms with Crippen LogP contribution in [0.2, 0.25) is 0 Å². The standard InChI is InChI=1S/C13H20N4O/c1-5-18-6-8(2)17-10(4)9(3)11-12(14)15-7-16-13(11)17/h7-8H,5-6H2,1-4H3,(H2,14,15,16). The number of nitrogens with zero attached hydrogens (tertiary/aromatic N) is 3. The monoisotopic (exact) mass is 248 g/mol. The van der Waals surface area contributed by atoms with Crippen LogP contribution in [0.15, 0.2) is 6.33 Å². The normalized spacial score (nSPS) is 13.1. The first-order chi connectivity index (χ1) is 8.57. The lowest BCUT2D eigenvalue weighted by molar-refractivity contribution is 0.119. The lowest BCUT2D eigenvalue weighted by Crippen LogP contribution is -2.14. The van der Waals surface area contributed by atoms with Crippen LogP contribution >= 0.6 is 0 Å². The number of fused-ring (bicyclic) bond motifs is 1. The fourth-order valence-electron chi connectivity index (χ4n) is 2.35. The maximum absolute atomic E-state index is 5.94. The molecule has 98 valence electrons. The fraction of sp³-hybridized carbons (Fsp3) is 0.538. The Balaban J connectivity index is 2.57. The van der Waals surface area contributed by atoms with Crippen LogP contribution in [-0.4, -0.2) is 27.7 Å². The van der Waals surface area contributed by atoms with Gasteiger partial charge in [0, 0.05) is 12.3 Å². The zero-order valence-corrected chi connectivity index (χ0v) is 11.4. The Morgan fingerprint density at radius 2 is 2.11 bits per heavy atom. The van der Waals surface area contributed by atoms with Crippen LogP contribution in [0.5, 0.6) is 0 Å². The van der Waals surface area contributed by atoms with Gasteiger partial charge in [0.1, 0.15) is 17.8 Å². The molecular formula is C13H20N4O. The maximum atomic E-state index is 5.94. The molecule has 1 unspecified atom stereocenters. The van der Waals surface area contributed by atoms with Crippen LogP contribution in [-0.2, 0) is 4.74 Å². The van der Waals surface area contributed by atoms with Gasteiger partial charge in [-0.25, -0.2) is 9.97 Å². The summed E-state index contributed by atoms with van der Waals surface area (Å²) in [5, 5.41) is 0.957. The average molecular weight is 248 g/mol. The molecule has 2 rings (SSSR count). The summed E-state index contributed by atoms with van der Waals surface area (Å²) in [5.74, 6) is 0.544. The van der Waals surface area contributed by atoms with Gasteiger partial charge in [-0.15, -0.1) is 0 Å². The molecule has 2 aromatic heterocycles. The van der Waals surface area contributed by atoms with E-state index in [-0.39, 0.29) is 6.04 Å². The van der Waals surface area contributed by atoms with E-state index in [9.17, 15) is 0 Å². The molecule has 5 nitrogen and oxygen atoms in total. The van der Waals surface area contributed by atoms with E-state index in [4.69, 9.17) is 10.5 Å². The van der Waals surface area contributed by atoms with Crippen LogP contribution < -0.4 is 5.73 Å². The van der Waals surface area contributed by atoms with Crippen molar-refractivity contribution >= 4 is 16.9 Å². The molecule has 0 radical (unpaired) electrons. The van der Waals surface area contributed by atoms with Gasteiger partial charge in [0.25, 0.3) is 0 Å². The van der Waals surface area contributed by atoms with Crippen molar-refractivity contribution in [2.45, 2.75) is 33.7 Å². The highest BCUT2D eigenvalue weighted by molar-refractivity contribution is 5.90. The Labute approximate surface area is 107 Å². The molecule has 2 heterocycles. The Morgan fingerprint density at radius 1 is 1.39 bits per heavy atom. The SMILES string of the molecule is CCOCC(C)n1c(C)c(C)c2c(N)ncnc21. The topological polar surface area (TPSA) is 66.0 Å². The van der Waals surface area contributed by atoms with Gasteiger partial charge >= 0.3 is 0 Å². The third-order valence-electron chi connectivity index (χ3n) is 3.37. The Morgan fingerprint density at radius 3 is 2.78 bits per heavy atom. The van der Waals surface area contributed by atoms with Gasteiger partial charge in [-0.1, -0.05) is 0 Å². The number of rotatable bonds is 4. The largest absolute Gasteiger partial charge is 0.383 e. The van der Waals surface area contributed by atoms with E-state index in [2.05, 4.69) is 35.3 Å². The van der Waals surface area contributed by atoms with Crippen LogP contribution in [0.4, 0.5) is 5.82 Å². The van der Waals surface area contributed by atoms with Gasteiger partial charge in [-0.3, -0.25) is 0 Å². The van der Waals surface area contributed by atoms with Gasteiger partial charge in [-0.05, 0) is 33.3 Å². The van der Waals surface area contributed by atoms with Gasteiger partial charge in [-0.2, -0.15) is 0 Å². The van der Waals surface area contributed by atoms with E-state index in [1.165, 1.54) is 12.0 Å². The number of ether oxygens (including phenoxy) is 1. The molecular weight excluding hydrogens is 228 g/mol. The van der Waals surface area contributed by atoms with Crippen LogP contribution in [0, 0.1) is 13.8 Å². The predicted molar refractivity (Wildman–Crippen MR) is 72.6 cm³/mol. The second kappa shape index (κ2) is 4.94. The van der Waals surface area contributed by atoms with Crippen LogP contribution in [0.1, 0.15) is 31.1 Å². The molecule has 5 heteroatoms. The van der Waals surface area contributed by atoms with E-state index < -0.39 is 0 Å². The van der Waals surface area contributed by atoms with Gasteiger partial charge < -0.3 is 15.0 Å². The number of aromatic nitrogens is 3. The highest BCUT2D eigenvalue weighted by Crippen LogP contribution is 2.29. The quantitative estimate of drug-likeness (QED) is 0.901. The van der Waals surface area contributed by atoms with Crippen molar-refractivity contribution in [2.75, 3.05) is 18.9 Å². The lowest BCUT2D eigenvalue weighted by atomic mass is 10.2. The molecule has 2 aromatic rings. The van der Waals surface area contributed by atoms with E-state index in [1.54, 1.807) is 0 Å². The van der Waals surface area contributed by atoms with Crippen molar-refractivity contribution in [1.82, 2.24) is 14.5 Å². The van der Waals surface area contributed by atoms with Crippen LogP contribution in [0.3, 0.4) is 0 Å². The minimum Gasteiger partial charge on any atom is -0.383 e. The van der Waals surface area contributed by atoms with Crippen molar-refractivity contribution < 1.29 is 4.74 Å². The third-order valence-corrected chi connectivity index (χ3v) is 3.37. The summed E-state index contributed by atoms with van der Waals surface area (Å²) in [6, 6.07) is 0.232. The van der Waals surface area contributed by atoms with Crippen molar-refractivity contribution in [3.8, 4) is 0 Å². The first-order valence-electron chi connectivity index (χ1n) is 6.23. The Bertz CT molecular complexity index is 562. The molecule has 0 saturated carbocycles. The molecule has 0 aliphatic carbocycles. The number of aryl methyl sites for hydroxylation is 1. The van der Waals surface area contributed by atoms with E-state index in [0.717, 1.165) is 23.2 Å². The van der Waals surface area contributed by atoms with E-state index in [0.29, 0.717) is 12.4 Å². The number of hydrogen-bond acceptors (Lipinski definition) is 4. The molecule has 2 N–H and O–H groups in total. The third kappa shape index (κ3) is 1.95. The molecule has 0 saturated heterocycles. The van der Waals surface area contributed by atoms with Crippen molar-refractivity contribution in [1.29, 1.82) is 0 Å². The highest BCUT2D eigenvalue weighted by Gasteiger charge is 2.18. The first-order valence-corrected chi connectivity index (χ1v) is 6.23. The molecule has 0 bridgehead atoms. The Hall–Kier alpha value is -1.62. The van der Waals surface area contributed by atoms with Crippen molar-refractivity contribution in [3.05, 3.63) is 17.6 Å². The summed E-state index contributed by atoms with van der Waals surface area (Å²) in [7, 11) is 0. The summed E-state index contributed by atoms with van der Waals surface area (Å²) in [5.41, 5.74) is 9.15. The minimum atomic E-state index is 0.232. The zero-order valence-electron chi connectivity index (χ0n) is 11.4. The lowest BCUT2D eigenvalue weighted by Gasteiger charge is -2.16. The summed E-state index contributed by atoms with van der Waals surface area (Å²) in [6.07, 6.45) is 1.51. The smallest absolute Gasteiger partial charge is 0.146 e. The van der Waals surface area contributed by atoms with E-state index in [1.807, 2.05) is 6.92 Å². The molecule has 0 aromatic carbocycles. The molecule has 0 aliphatic heterocycles. The van der Waals surface area contributed by atoms with Crippen molar-refractivity contribution in [2.24, 2.45) is 0 Å². The van der Waals surface area contributed by atoms with E-state index >= 15 is 0 Å². The predicted octanol–water partition coefficient (Wildman–Crippen LogP) is 2.23. The second-order valence-electron chi connectivity index (χ2n) is 4.55. The number of anilines is 1. The highest BCUT2D eigenvalue weighted by atomic mass is 16.5. The summed E-state index contributed by atoms with van der Waals surface area (Å²) >= 11 is 0. The fourth-order valence-corrected chi connectivity index (χ4v) is 2.35. The molecule has 1 atom stereocenters. The summed E-state index contributed by atoms with van der Waals surface area (Å²) < 4.78 is 7.68. The average Bonchev–Trinajstić information content (AvgIpc) is 2.60. The number of nitrogen functional groups attached to an aromatic ring is 1. The number of nitrogens with two attached hydrogens (primary N) is 1. The Kier molecular flexibility index (Phi) is 3.52. The second-order valence-corrected chi connectivity index (χ2v) is 4.55. The number of hydrogen-bond donors (Lipinski definition) is 1. The summed E-state index contributed by atoms with van der Waals surface area (Å²) in [4.78, 5) is 8.44.